The molecule has 1 nitrogen and oxygen atoms in total. The minimum Gasteiger partial charge on any atom is -0.381 e. The van der Waals surface area contributed by atoms with Crippen molar-refractivity contribution >= 4 is 0 Å². The van der Waals surface area contributed by atoms with Crippen LogP contribution in [-0.2, 0) is 4.74 Å². The largest absolute Gasteiger partial charge is 0.381 e. The predicted molar refractivity (Wildman–Crippen MR) is 47.6 cm³/mol. The van der Waals surface area contributed by atoms with Gasteiger partial charge in [-0.05, 0) is 24.2 Å². The van der Waals surface area contributed by atoms with Crippen molar-refractivity contribution < 1.29 is 4.74 Å². The maximum Gasteiger partial charge on any atom is 0.0577 e. The van der Waals surface area contributed by atoms with Gasteiger partial charge in [0.2, 0.25) is 0 Å². The minimum atomic E-state index is 0.537. The Kier molecular flexibility index (Phi) is 2.58. The van der Waals surface area contributed by atoms with Crippen LogP contribution in [0.5, 0.6) is 0 Å². The van der Waals surface area contributed by atoms with Crippen molar-refractivity contribution in [3.05, 3.63) is 0 Å². The van der Waals surface area contributed by atoms with Crippen LogP contribution in [0.2, 0.25) is 0 Å². The topological polar surface area (TPSA) is 9.23 Å². The summed E-state index contributed by atoms with van der Waals surface area (Å²) in [6, 6.07) is 0. The first-order valence-corrected chi connectivity index (χ1v) is 4.63. The second-order valence-electron chi connectivity index (χ2n) is 4.37. The van der Waals surface area contributed by atoms with Crippen LogP contribution in [0, 0.1) is 11.3 Å². The first kappa shape index (κ1) is 9.05. The van der Waals surface area contributed by atoms with E-state index in [0.717, 1.165) is 5.92 Å². The van der Waals surface area contributed by atoms with Crippen LogP contribution in [0.4, 0.5) is 0 Å². The molecule has 0 amide bonds. The highest BCUT2D eigenvalue weighted by Gasteiger charge is 2.38. The van der Waals surface area contributed by atoms with E-state index in [1.165, 1.54) is 19.3 Å². The van der Waals surface area contributed by atoms with Gasteiger partial charge in [0.05, 0.1) is 6.10 Å². The van der Waals surface area contributed by atoms with Crippen LogP contribution in [0.15, 0.2) is 0 Å². The van der Waals surface area contributed by atoms with Gasteiger partial charge in [-0.2, -0.15) is 0 Å². The van der Waals surface area contributed by atoms with Gasteiger partial charge in [-0.15, -0.1) is 0 Å². The lowest BCUT2D eigenvalue weighted by atomic mass is 9.65. The standard InChI is InChI=1S/C10H20O/c1-5-10(2,3)8-6-9(7-8)11-4/h8-9H,5-7H2,1-4H3. The molecule has 1 heteroatoms. The smallest absolute Gasteiger partial charge is 0.0577 e. The van der Waals surface area contributed by atoms with E-state index < -0.39 is 0 Å². The molecule has 0 spiro atoms. The van der Waals surface area contributed by atoms with Gasteiger partial charge < -0.3 is 4.74 Å². The Morgan fingerprint density at radius 2 is 1.91 bits per heavy atom. The summed E-state index contributed by atoms with van der Waals surface area (Å²) in [4.78, 5) is 0. The molecule has 0 heterocycles. The van der Waals surface area contributed by atoms with Gasteiger partial charge in [-0.25, -0.2) is 0 Å². The molecule has 1 fully saturated rings. The quantitative estimate of drug-likeness (QED) is 0.610. The van der Waals surface area contributed by atoms with E-state index in [1.807, 2.05) is 7.11 Å². The van der Waals surface area contributed by atoms with Crippen LogP contribution in [0.25, 0.3) is 0 Å². The monoisotopic (exact) mass is 156 g/mol. The molecule has 1 aliphatic carbocycles. The first-order valence-electron chi connectivity index (χ1n) is 4.63. The molecule has 0 N–H and O–H groups in total. The lowest BCUT2D eigenvalue weighted by molar-refractivity contribution is -0.0445. The van der Waals surface area contributed by atoms with Gasteiger partial charge in [0.1, 0.15) is 0 Å². The molecule has 0 bridgehead atoms. The summed E-state index contributed by atoms with van der Waals surface area (Å²) in [5, 5.41) is 0. The van der Waals surface area contributed by atoms with E-state index in [9.17, 15) is 0 Å². The summed E-state index contributed by atoms with van der Waals surface area (Å²) in [6.07, 6.45) is 4.40. The zero-order valence-electron chi connectivity index (χ0n) is 8.18. The summed E-state index contributed by atoms with van der Waals surface area (Å²) >= 11 is 0. The highest BCUT2D eigenvalue weighted by molar-refractivity contribution is 4.89. The Morgan fingerprint density at radius 1 is 1.36 bits per heavy atom. The lowest BCUT2D eigenvalue weighted by Crippen LogP contribution is -2.39. The second kappa shape index (κ2) is 3.14. The van der Waals surface area contributed by atoms with Crippen LogP contribution >= 0.6 is 0 Å². The molecule has 1 saturated carbocycles. The molecule has 0 aromatic rings. The van der Waals surface area contributed by atoms with Gasteiger partial charge in [-0.1, -0.05) is 27.2 Å². The molecule has 0 unspecified atom stereocenters. The van der Waals surface area contributed by atoms with Crippen molar-refractivity contribution in [3.63, 3.8) is 0 Å². The van der Waals surface area contributed by atoms with Crippen LogP contribution in [0.1, 0.15) is 40.0 Å². The van der Waals surface area contributed by atoms with Gasteiger partial charge >= 0.3 is 0 Å². The molecule has 0 aromatic heterocycles. The van der Waals surface area contributed by atoms with Crippen molar-refractivity contribution in [1.29, 1.82) is 0 Å². The summed E-state index contributed by atoms with van der Waals surface area (Å²) in [6.45, 7) is 7.01. The van der Waals surface area contributed by atoms with E-state index >= 15 is 0 Å². The van der Waals surface area contributed by atoms with E-state index in [1.54, 1.807) is 0 Å². The Hall–Kier alpha value is -0.0400. The van der Waals surface area contributed by atoms with Crippen molar-refractivity contribution in [2.75, 3.05) is 7.11 Å². The summed E-state index contributed by atoms with van der Waals surface area (Å²) < 4.78 is 5.26. The molecule has 11 heavy (non-hydrogen) atoms. The SMILES string of the molecule is CCC(C)(C)C1CC(OC)C1. The van der Waals surface area contributed by atoms with Gasteiger partial charge in [0.25, 0.3) is 0 Å². The zero-order chi connectivity index (χ0) is 8.48. The van der Waals surface area contributed by atoms with E-state index in [0.29, 0.717) is 11.5 Å². The van der Waals surface area contributed by atoms with E-state index in [2.05, 4.69) is 20.8 Å². The third-order valence-electron chi connectivity index (χ3n) is 3.44. The molecule has 66 valence electrons. The van der Waals surface area contributed by atoms with E-state index in [-0.39, 0.29) is 0 Å². The maximum atomic E-state index is 5.26. The fourth-order valence-electron chi connectivity index (χ4n) is 1.68. The van der Waals surface area contributed by atoms with Gasteiger partial charge in [0.15, 0.2) is 0 Å². The fourth-order valence-corrected chi connectivity index (χ4v) is 1.68. The molecule has 0 saturated heterocycles. The Bertz CT molecular complexity index is 123. The molecule has 0 radical (unpaired) electrons. The average molecular weight is 156 g/mol. The first-order chi connectivity index (χ1) is 5.10. The molecule has 0 aromatic carbocycles. The van der Waals surface area contributed by atoms with Crippen molar-refractivity contribution in [1.82, 2.24) is 0 Å². The minimum absolute atomic E-state index is 0.537. The van der Waals surface area contributed by atoms with Crippen molar-refractivity contribution in [3.8, 4) is 0 Å². The molecule has 1 rings (SSSR count). The molecular formula is C10H20O. The number of rotatable bonds is 3. The van der Waals surface area contributed by atoms with Crippen molar-refractivity contribution in [2.24, 2.45) is 11.3 Å². The maximum absolute atomic E-state index is 5.26. The molecular weight excluding hydrogens is 136 g/mol. The van der Waals surface area contributed by atoms with E-state index in [4.69, 9.17) is 4.74 Å². The lowest BCUT2D eigenvalue weighted by Gasteiger charge is -2.44. The second-order valence-corrected chi connectivity index (χ2v) is 4.37. The zero-order valence-corrected chi connectivity index (χ0v) is 8.18. The number of hydrogen-bond donors (Lipinski definition) is 0. The normalized spacial score (nSPS) is 31.6. The highest BCUT2D eigenvalue weighted by atomic mass is 16.5. The van der Waals surface area contributed by atoms with Crippen LogP contribution < -0.4 is 0 Å². The highest BCUT2D eigenvalue weighted by Crippen LogP contribution is 2.44. The summed E-state index contributed by atoms with van der Waals surface area (Å²) in [7, 11) is 1.82. The number of methoxy groups -OCH3 is 1. The van der Waals surface area contributed by atoms with Crippen LogP contribution in [-0.4, -0.2) is 13.2 Å². The third-order valence-corrected chi connectivity index (χ3v) is 3.44. The van der Waals surface area contributed by atoms with Crippen molar-refractivity contribution in [2.45, 2.75) is 46.1 Å². The van der Waals surface area contributed by atoms with Gasteiger partial charge in [0, 0.05) is 7.11 Å². The number of hydrogen-bond acceptors (Lipinski definition) is 1. The Labute approximate surface area is 70.1 Å². The van der Waals surface area contributed by atoms with Crippen LogP contribution in [0.3, 0.4) is 0 Å². The number of ether oxygens (including phenoxy) is 1. The summed E-state index contributed by atoms with van der Waals surface area (Å²) in [5.41, 5.74) is 0.537. The Balaban J connectivity index is 2.31. The molecule has 1 aliphatic rings. The third kappa shape index (κ3) is 1.76. The molecule has 0 aliphatic heterocycles. The average Bonchev–Trinajstić information content (AvgIpc) is 1.85. The summed E-state index contributed by atoms with van der Waals surface area (Å²) in [5.74, 6) is 0.900. The Morgan fingerprint density at radius 3 is 2.27 bits per heavy atom. The molecule has 0 atom stereocenters. The predicted octanol–water partition coefficient (Wildman–Crippen LogP) is 2.85. The fraction of sp³-hybridized carbons (Fsp3) is 1.00. The van der Waals surface area contributed by atoms with Gasteiger partial charge in [-0.3, -0.25) is 0 Å².